The van der Waals surface area contributed by atoms with Crippen LogP contribution in [0.25, 0.3) is 0 Å². The summed E-state index contributed by atoms with van der Waals surface area (Å²) in [6.45, 7) is 6.53. The number of carbonyl (C=O) groups excluding carboxylic acids is 3. The van der Waals surface area contributed by atoms with Gasteiger partial charge in [0.05, 0.1) is 5.88 Å². The summed E-state index contributed by atoms with van der Waals surface area (Å²) in [4.78, 5) is 41.4. The van der Waals surface area contributed by atoms with Crippen LogP contribution in [0.2, 0.25) is 0 Å². The Bertz CT molecular complexity index is 752. The monoisotopic (exact) mass is 389 g/mol. The van der Waals surface area contributed by atoms with Crippen LogP contribution in [0.5, 0.6) is 0 Å². The smallest absolute Gasteiger partial charge is 0.248 e. The lowest BCUT2D eigenvalue weighted by Gasteiger charge is -2.32. The number of hydrogen-bond donors (Lipinski definition) is 1. The molecule has 1 aromatic carbocycles. The van der Waals surface area contributed by atoms with Crippen molar-refractivity contribution in [3.05, 3.63) is 29.3 Å². The van der Waals surface area contributed by atoms with E-state index in [9.17, 15) is 14.4 Å². The lowest BCUT2D eigenvalue weighted by Crippen LogP contribution is -2.53. The number of benzene rings is 1. The van der Waals surface area contributed by atoms with Gasteiger partial charge in [0.2, 0.25) is 17.7 Å². The first-order valence-electron chi connectivity index (χ1n) is 9.48. The number of anilines is 1. The lowest BCUT2D eigenvalue weighted by molar-refractivity contribution is -0.145. The number of amides is 3. The molecular formula is C20H27N3O3S. The van der Waals surface area contributed by atoms with Crippen LogP contribution in [-0.2, 0) is 14.4 Å². The topological polar surface area (TPSA) is 69.7 Å². The van der Waals surface area contributed by atoms with Gasteiger partial charge in [-0.1, -0.05) is 19.1 Å². The maximum atomic E-state index is 13.1. The molecule has 0 aliphatic carbocycles. The molecule has 2 aliphatic rings. The minimum absolute atomic E-state index is 0.0402. The van der Waals surface area contributed by atoms with Crippen molar-refractivity contribution < 1.29 is 14.4 Å². The highest BCUT2D eigenvalue weighted by atomic mass is 32.2. The van der Waals surface area contributed by atoms with Gasteiger partial charge in [0, 0.05) is 24.4 Å². The van der Waals surface area contributed by atoms with Crippen molar-refractivity contribution >= 4 is 35.2 Å². The van der Waals surface area contributed by atoms with Crippen LogP contribution in [-0.4, -0.2) is 57.8 Å². The van der Waals surface area contributed by atoms with Gasteiger partial charge in [0.25, 0.3) is 0 Å². The van der Waals surface area contributed by atoms with Crippen molar-refractivity contribution in [2.75, 3.05) is 23.5 Å². The van der Waals surface area contributed by atoms with E-state index < -0.39 is 12.1 Å². The van der Waals surface area contributed by atoms with Crippen LogP contribution in [0, 0.1) is 13.8 Å². The minimum Gasteiger partial charge on any atom is -0.331 e. The van der Waals surface area contributed by atoms with E-state index in [-0.39, 0.29) is 17.7 Å². The Kier molecular flexibility index (Phi) is 6.09. The molecule has 2 saturated heterocycles. The maximum Gasteiger partial charge on any atom is 0.248 e. The molecule has 2 fully saturated rings. The van der Waals surface area contributed by atoms with Crippen LogP contribution in [0.15, 0.2) is 18.2 Å². The summed E-state index contributed by atoms with van der Waals surface area (Å²) in [7, 11) is 0. The Morgan fingerprint density at radius 1 is 1.33 bits per heavy atom. The van der Waals surface area contributed by atoms with Gasteiger partial charge in [-0.2, -0.15) is 0 Å². The second-order valence-corrected chi connectivity index (χ2v) is 8.17. The predicted molar refractivity (Wildman–Crippen MR) is 108 cm³/mol. The Balaban J connectivity index is 1.73. The molecule has 2 unspecified atom stereocenters. The first-order chi connectivity index (χ1) is 12.9. The van der Waals surface area contributed by atoms with Crippen molar-refractivity contribution in [3.8, 4) is 0 Å². The Morgan fingerprint density at radius 3 is 2.78 bits per heavy atom. The van der Waals surface area contributed by atoms with E-state index in [2.05, 4.69) is 5.32 Å². The highest BCUT2D eigenvalue weighted by molar-refractivity contribution is 7.99. The summed E-state index contributed by atoms with van der Waals surface area (Å²) < 4.78 is 0. The third kappa shape index (κ3) is 3.98. The van der Waals surface area contributed by atoms with E-state index in [0.29, 0.717) is 31.0 Å². The number of rotatable bonds is 5. The second-order valence-electron chi connectivity index (χ2n) is 7.18. The number of hydrogen-bond acceptors (Lipinski definition) is 4. The zero-order chi connectivity index (χ0) is 19.6. The molecule has 0 spiro atoms. The fraction of sp³-hybridized carbons (Fsp3) is 0.550. The first-order valence-corrected chi connectivity index (χ1v) is 10.6. The number of nitrogens with one attached hydrogen (secondary N) is 1. The van der Waals surface area contributed by atoms with E-state index in [0.717, 1.165) is 23.2 Å². The summed E-state index contributed by atoms with van der Waals surface area (Å²) in [5.41, 5.74) is 2.93. The predicted octanol–water partition coefficient (Wildman–Crippen LogP) is 2.54. The summed E-state index contributed by atoms with van der Waals surface area (Å²) >= 11 is 1.58. The molecule has 2 heterocycles. The highest BCUT2D eigenvalue weighted by Gasteiger charge is 2.40. The second kappa shape index (κ2) is 8.33. The van der Waals surface area contributed by atoms with Crippen LogP contribution in [0.4, 0.5) is 5.69 Å². The van der Waals surface area contributed by atoms with Gasteiger partial charge in [-0.3, -0.25) is 14.4 Å². The standard InChI is InChI=1S/C20H27N3O3S/c1-4-16(22-10-6-9-18(22)24)20(26)23-12-27-11-17(23)19(25)21-15-8-5-7-13(2)14(15)3/h5,7-8,16-17H,4,6,9-12H2,1-3H3,(H,21,25). The quantitative estimate of drug-likeness (QED) is 0.840. The fourth-order valence-electron chi connectivity index (χ4n) is 3.70. The van der Waals surface area contributed by atoms with E-state index in [1.165, 1.54) is 0 Å². The number of thioether (sulfide) groups is 1. The molecular weight excluding hydrogens is 362 g/mol. The summed E-state index contributed by atoms with van der Waals surface area (Å²) in [6.07, 6.45) is 1.88. The molecule has 1 N–H and O–H groups in total. The average molecular weight is 390 g/mol. The van der Waals surface area contributed by atoms with Crippen molar-refractivity contribution in [1.29, 1.82) is 0 Å². The molecule has 7 heteroatoms. The van der Waals surface area contributed by atoms with Crippen molar-refractivity contribution in [3.63, 3.8) is 0 Å². The molecule has 3 amide bonds. The van der Waals surface area contributed by atoms with Gasteiger partial charge in [-0.05, 0) is 43.9 Å². The van der Waals surface area contributed by atoms with Crippen molar-refractivity contribution in [2.24, 2.45) is 0 Å². The normalized spacial score (nSPS) is 20.9. The van der Waals surface area contributed by atoms with Crippen LogP contribution >= 0.6 is 11.8 Å². The first kappa shape index (κ1) is 19.7. The average Bonchev–Trinajstić information content (AvgIpc) is 3.29. The molecule has 6 nitrogen and oxygen atoms in total. The lowest BCUT2D eigenvalue weighted by atomic mass is 10.1. The van der Waals surface area contributed by atoms with Gasteiger partial charge >= 0.3 is 0 Å². The fourth-order valence-corrected chi connectivity index (χ4v) is 4.86. The summed E-state index contributed by atoms with van der Waals surface area (Å²) in [5, 5.41) is 2.99. The van der Waals surface area contributed by atoms with Crippen molar-refractivity contribution in [2.45, 2.75) is 52.1 Å². The van der Waals surface area contributed by atoms with Gasteiger partial charge in [-0.25, -0.2) is 0 Å². The number of nitrogens with zero attached hydrogens (tertiary/aromatic N) is 2. The SMILES string of the molecule is CCC(C(=O)N1CSCC1C(=O)Nc1cccc(C)c1C)N1CCCC1=O. The minimum atomic E-state index is -0.505. The highest BCUT2D eigenvalue weighted by Crippen LogP contribution is 2.27. The Morgan fingerprint density at radius 2 is 2.11 bits per heavy atom. The Labute approximate surface area is 164 Å². The Hall–Kier alpha value is -2.02. The summed E-state index contributed by atoms with van der Waals surface area (Å²) in [5.74, 6) is 0.830. The largest absolute Gasteiger partial charge is 0.331 e. The van der Waals surface area contributed by atoms with Gasteiger partial charge in [0.15, 0.2) is 0 Å². The molecule has 0 radical (unpaired) electrons. The molecule has 0 saturated carbocycles. The zero-order valence-electron chi connectivity index (χ0n) is 16.2. The van der Waals surface area contributed by atoms with Crippen LogP contribution in [0.3, 0.4) is 0 Å². The molecule has 1 aromatic rings. The molecule has 0 aromatic heterocycles. The number of likely N-dealkylation sites (tertiary alicyclic amines) is 1. The molecule has 146 valence electrons. The maximum absolute atomic E-state index is 13.1. The third-order valence-corrected chi connectivity index (χ3v) is 6.50. The van der Waals surface area contributed by atoms with Gasteiger partial charge in [0.1, 0.15) is 12.1 Å². The van der Waals surface area contributed by atoms with Crippen LogP contribution in [0.1, 0.15) is 37.3 Å². The van der Waals surface area contributed by atoms with Gasteiger partial charge < -0.3 is 15.1 Å². The molecule has 27 heavy (non-hydrogen) atoms. The van der Waals surface area contributed by atoms with E-state index in [1.807, 2.05) is 39.0 Å². The van der Waals surface area contributed by atoms with Gasteiger partial charge in [-0.15, -0.1) is 11.8 Å². The number of aryl methyl sites for hydroxylation is 1. The van der Waals surface area contributed by atoms with E-state index >= 15 is 0 Å². The zero-order valence-corrected chi connectivity index (χ0v) is 17.0. The van der Waals surface area contributed by atoms with Crippen LogP contribution < -0.4 is 5.32 Å². The van der Waals surface area contributed by atoms with E-state index in [1.54, 1.807) is 21.6 Å². The molecule has 2 aliphatic heterocycles. The summed E-state index contributed by atoms with van der Waals surface area (Å²) in [6, 6.07) is 4.83. The molecule has 0 bridgehead atoms. The molecule has 2 atom stereocenters. The molecule has 3 rings (SSSR count). The number of carbonyl (C=O) groups is 3. The third-order valence-electron chi connectivity index (χ3n) is 5.49. The van der Waals surface area contributed by atoms with E-state index in [4.69, 9.17) is 0 Å². The van der Waals surface area contributed by atoms with Crippen molar-refractivity contribution in [1.82, 2.24) is 9.80 Å².